The van der Waals surface area contributed by atoms with Gasteiger partial charge in [-0.05, 0) is 106 Å². The van der Waals surface area contributed by atoms with Crippen LogP contribution in [-0.2, 0) is 0 Å². The molecule has 9 aromatic rings. The molecule has 0 bridgehead atoms. The van der Waals surface area contributed by atoms with Crippen LogP contribution in [0, 0.1) is 6.92 Å². The average molecular weight is 692 g/mol. The van der Waals surface area contributed by atoms with Gasteiger partial charge in [-0.3, -0.25) is 9.97 Å². The van der Waals surface area contributed by atoms with Crippen LogP contribution >= 0.6 is 0 Å². The Kier molecular flexibility index (Phi) is 8.80. The van der Waals surface area contributed by atoms with E-state index in [-0.39, 0.29) is 0 Å². The van der Waals surface area contributed by atoms with Crippen molar-refractivity contribution < 1.29 is 0 Å². The van der Waals surface area contributed by atoms with Crippen LogP contribution < -0.4 is 4.90 Å². The molecule has 0 aliphatic heterocycles. The highest BCUT2D eigenvalue weighted by Gasteiger charge is 2.19. The van der Waals surface area contributed by atoms with Gasteiger partial charge in [0.1, 0.15) is 0 Å². The van der Waals surface area contributed by atoms with E-state index < -0.39 is 0 Å². The lowest BCUT2D eigenvalue weighted by Gasteiger charge is -2.28. The summed E-state index contributed by atoms with van der Waals surface area (Å²) >= 11 is 0. The summed E-state index contributed by atoms with van der Waals surface area (Å²) in [6.07, 6.45) is 3.85. The number of anilines is 3. The van der Waals surface area contributed by atoms with Gasteiger partial charge in [0.2, 0.25) is 0 Å². The Hall–Kier alpha value is -7.10. The Morgan fingerprint density at radius 2 is 1.00 bits per heavy atom. The first-order valence-electron chi connectivity index (χ1n) is 18.3. The molecule has 7 aromatic carbocycles. The van der Waals surface area contributed by atoms with Crippen LogP contribution in [0.3, 0.4) is 0 Å². The highest BCUT2D eigenvalue weighted by Crippen LogP contribution is 2.43. The molecule has 2 heterocycles. The van der Waals surface area contributed by atoms with Gasteiger partial charge in [0, 0.05) is 40.3 Å². The number of hydrogen-bond acceptors (Lipinski definition) is 3. The van der Waals surface area contributed by atoms with Crippen molar-refractivity contribution >= 4 is 27.8 Å². The normalized spacial score (nSPS) is 11.1. The number of aromatic nitrogens is 2. The average Bonchev–Trinajstić information content (AvgIpc) is 3.25. The van der Waals surface area contributed by atoms with E-state index in [0.717, 1.165) is 56.3 Å². The van der Waals surface area contributed by atoms with Crippen molar-refractivity contribution in [3.63, 3.8) is 0 Å². The van der Waals surface area contributed by atoms with Crippen molar-refractivity contribution in [1.29, 1.82) is 0 Å². The number of aryl methyl sites for hydroxylation is 1. The predicted molar refractivity (Wildman–Crippen MR) is 226 cm³/mol. The fourth-order valence-electron chi connectivity index (χ4n) is 7.32. The minimum atomic E-state index is 0.926. The number of rotatable bonds is 8. The van der Waals surface area contributed by atoms with Gasteiger partial charge in [0.05, 0.1) is 17.1 Å². The molecule has 0 spiro atoms. The molecule has 3 nitrogen and oxygen atoms in total. The van der Waals surface area contributed by atoms with E-state index in [1.54, 1.807) is 0 Å². The van der Waals surface area contributed by atoms with Gasteiger partial charge in [0.25, 0.3) is 0 Å². The van der Waals surface area contributed by atoms with E-state index in [2.05, 4.69) is 194 Å². The first kappa shape index (κ1) is 32.8. The van der Waals surface area contributed by atoms with Gasteiger partial charge in [-0.15, -0.1) is 0 Å². The Bertz CT molecular complexity index is 2640. The molecule has 0 radical (unpaired) electrons. The Labute approximate surface area is 316 Å². The summed E-state index contributed by atoms with van der Waals surface area (Å²) in [6.45, 7) is 2.13. The minimum Gasteiger partial charge on any atom is -0.310 e. The van der Waals surface area contributed by atoms with Gasteiger partial charge in [-0.2, -0.15) is 0 Å². The highest BCUT2D eigenvalue weighted by molar-refractivity contribution is 6.00. The zero-order valence-corrected chi connectivity index (χ0v) is 30.0. The molecule has 0 N–H and O–H groups in total. The lowest BCUT2D eigenvalue weighted by Crippen LogP contribution is -2.11. The van der Waals surface area contributed by atoms with Gasteiger partial charge in [-0.1, -0.05) is 140 Å². The van der Waals surface area contributed by atoms with Crippen molar-refractivity contribution in [3.05, 3.63) is 212 Å². The van der Waals surface area contributed by atoms with E-state index in [0.29, 0.717) is 0 Å². The fraction of sp³-hybridized carbons (Fsp3) is 0.0196. The molecule has 0 fully saturated rings. The zero-order valence-electron chi connectivity index (χ0n) is 30.0. The van der Waals surface area contributed by atoms with E-state index in [1.165, 1.54) is 33.0 Å². The molecule has 0 unspecified atom stereocenters. The first-order chi connectivity index (χ1) is 26.7. The first-order valence-corrected chi connectivity index (χ1v) is 18.3. The quantitative estimate of drug-likeness (QED) is 0.159. The molecule has 256 valence electrons. The summed E-state index contributed by atoms with van der Waals surface area (Å²) in [5.74, 6) is 0. The van der Waals surface area contributed by atoms with Crippen LogP contribution in [0.1, 0.15) is 5.56 Å². The van der Waals surface area contributed by atoms with E-state index in [1.807, 2.05) is 24.5 Å². The Morgan fingerprint density at radius 1 is 0.389 bits per heavy atom. The number of nitrogens with zero attached hydrogens (tertiary/aromatic N) is 3. The molecule has 0 amide bonds. The van der Waals surface area contributed by atoms with Crippen molar-refractivity contribution in [2.45, 2.75) is 6.92 Å². The Balaban J connectivity index is 1.19. The third kappa shape index (κ3) is 6.55. The van der Waals surface area contributed by atoms with E-state index >= 15 is 0 Å². The highest BCUT2D eigenvalue weighted by atomic mass is 15.1. The molecule has 54 heavy (non-hydrogen) atoms. The number of fused-ring (bicyclic) bond motifs is 1. The fourth-order valence-corrected chi connectivity index (χ4v) is 7.32. The smallest absolute Gasteiger partial charge is 0.0709 e. The maximum absolute atomic E-state index is 4.98. The molecular formula is C51H37N3. The van der Waals surface area contributed by atoms with Crippen LogP contribution in [0.25, 0.3) is 66.7 Å². The lowest BCUT2D eigenvalue weighted by molar-refractivity contribution is 1.26. The van der Waals surface area contributed by atoms with Crippen molar-refractivity contribution in [2.24, 2.45) is 0 Å². The summed E-state index contributed by atoms with van der Waals surface area (Å²) < 4.78 is 0. The third-order valence-corrected chi connectivity index (χ3v) is 10.1. The van der Waals surface area contributed by atoms with Crippen LogP contribution in [0.2, 0.25) is 0 Å². The van der Waals surface area contributed by atoms with Gasteiger partial charge in [0.15, 0.2) is 0 Å². The third-order valence-electron chi connectivity index (χ3n) is 10.1. The Morgan fingerprint density at radius 3 is 1.78 bits per heavy atom. The molecule has 3 heteroatoms. The predicted octanol–water partition coefficient (Wildman–Crippen LogP) is 13.7. The summed E-state index contributed by atoms with van der Waals surface area (Å²) in [5, 5.41) is 2.35. The molecular weight excluding hydrogens is 655 g/mol. The second-order valence-corrected chi connectivity index (χ2v) is 13.6. The zero-order chi connectivity index (χ0) is 36.3. The summed E-state index contributed by atoms with van der Waals surface area (Å²) in [7, 11) is 0. The topological polar surface area (TPSA) is 29.0 Å². The van der Waals surface area contributed by atoms with Gasteiger partial charge in [-0.25, -0.2) is 0 Å². The van der Waals surface area contributed by atoms with Gasteiger partial charge < -0.3 is 4.90 Å². The van der Waals surface area contributed by atoms with Crippen LogP contribution in [0.15, 0.2) is 207 Å². The summed E-state index contributed by atoms with van der Waals surface area (Å²) in [5.41, 5.74) is 15.3. The van der Waals surface area contributed by atoms with Crippen molar-refractivity contribution in [3.8, 4) is 55.9 Å². The number of benzene rings is 7. The standard InChI is InChI=1S/C51H37N3/c1-36-35-53-50(34-48(36)41-27-25-39(26-28-41)37-14-4-2-5-15-37)42-20-12-21-45(31-42)54(51-24-13-19-40-18-8-9-22-47(40)51)46-32-43(38-16-6-3-7-17-38)30-44(33-46)49-23-10-11-29-52-49/h2-35H,1H3. The number of hydrogen-bond donors (Lipinski definition) is 0. The number of pyridine rings is 2. The van der Waals surface area contributed by atoms with Crippen molar-refractivity contribution in [1.82, 2.24) is 9.97 Å². The van der Waals surface area contributed by atoms with E-state index in [9.17, 15) is 0 Å². The van der Waals surface area contributed by atoms with Crippen LogP contribution in [-0.4, -0.2) is 9.97 Å². The van der Waals surface area contributed by atoms with Crippen molar-refractivity contribution in [2.75, 3.05) is 4.90 Å². The summed E-state index contributed by atoms with van der Waals surface area (Å²) in [4.78, 5) is 12.1. The summed E-state index contributed by atoms with van der Waals surface area (Å²) in [6, 6.07) is 68.9. The monoisotopic (exact) mass is 691 g/mol. The maximum atomic E-state index is 4.98. The van der Waals surface area contributed by atoms with Crippen LogP contribution in [0.4, 0.5) is 17.1 Å². The minimum absolute atomic E-state index is 0.926. The molecule has 0 aliphatic rings. The van der Waals surface area contributed by atoms with Crippen LogP contribution in [0.5, 0.6) is 0 Å². The largest absolute Gasteiger partial charge is 0.310 e. The second kappa shape index (κ2) is 14.5. The van der Waals surface area contributed by atoms with Gasteiger partial charge >= 0.3 is 0 Å². The second-order valence-electron chi connectivity index (χ2n) is 13.6. The lowest BCUT2D eigenvalue weighted by atomic mass is 9.96. The molecule has 0 saturated carbocycles. The maximum Gasteiger partial charge on any atom is 0.0709 e. The van der Waals surface area contributed by atoms with E-state index in [4.69, 9.17) is 9.97 Å². The molecule has 0 atom stereocenters. The molecule has 0 saturated heterocycles. The molecule has 0 aliphatic carbocycles. The molecule has 9 rings (SSSR count). The SMILES string of the molecule is Cc1cnc(-c2cccc(N(c3cc(-c4ccccc4)cc(-c4ccccn4)c3)c3cccc4ccccc34)c2)cc1-c1ccc(-c2ccccc2)cc1. The molecule has 2 aromatic heterocycles.